The van der Waals surface area contributed by atoms with Crippen LogP contribution in [0, 0.1) is 5.92 Å². The van der Waals surface area contributed by atoms with Gasteiger partial charge in [-0.15, -0.1) is 0 Å². The molecule has 2 N–H and O–H groups in total. The first-order valence-corrected chi connectivity index (χ1v) is 6.75. The van der Waals surface area contributed by atoms with Crippen molar-refractivity contribution in [3.05, 3.63) is 0 Å². The maximum atomic E-state index is 11.7. The number of ether oxygens (including phenoxy) is 2. The van der Waals surface area contributed by atoms with Crippen LogP contribution in [-0.4, -0.2) is 31.3 Å². The Labute approximate surface area is 104 Å². The fraction of sp³-hybridized carbons (Fsp3) is 0.923. The molecular formula is C13H25NO3. The highest BCUT2D eigenvalue weighted by atomic mass is 16.6. The van der Waals surface area contributed by atoms with Crippen molar-refractivity contribution in [3.8, 4) is 0 Å². The molecule has 1 saturated carbocycles. The van der Waals surface area contributed by atoms with Crippen LogP contribution in [0.25, 0.3) is 0 Å². The molecule has 0 aromatic carbocycles. The monoisotopic (exact) mass is 243 g/mol. The number of hydrogen-bond donors (Lipinski definition) is 1. The minimum absolute atomic E-state index is 0.128. The lowest BCUT2D eigenvalue weighted by molar-refractivity contribution is -0.164. The highest BCUT2D eigenvalue weighted by Crippen LogP contribution is 2.27. The minimum atomic E-state index is -0.424. The van der Waals surface area contributed by atoms with E-state index in [1.54, 1.807) is 0 Å². The van der Waals surface area contributed by atoms with Gasteiger partial charge in [0.25, 0.3) is 0 Å². The van der Waals surface area contributed by atoms with E-state index >= 15 is 0 Å². The summed E-state index contributed by atoms with van der Waals surface area (Å²) < 4.78 is 10.9. The summed E-state index contributed by atoms with van der Waals surface area (Å²) in [6, 6.07) is 0. The Morgan fingerprint density at radius 3 is 2.65 bits per heavy atom. The van der Waals surface area contributed by atoms with E-state index in [-0.39, 0.29) is 12.1 Å². The molecular weight excluding hydrogens is 218 g/mol. The van der Waals surface area contributed by atoms with Crippen molar-refractivity contribution < 1.29 is 14.3 Å². The van der Waals surface area contributed by atoms with Crippen LogP contribution in [0.2, 0.25) is 0 Å². The molecule has 0 aliphatic heterocycles. The van der Waals surface area contributed by atoms with Crippen molar-refractivity contribution in [2.75, 3.05) is 13.2 Å². The summed E-state index contributed by atoms with van der Waals surface area (Å²) in [6.45, 7) is 4.81. The standard InChI is InChI=1S/C13H25NO3/c1-3-11(13(15)16-4-2)17-12-8-6-5-7-10(12)9-14/h10-12H,3-9,14H2,1-2H3. The summed E-state index contributed by atoms with van der Waals surface area (Å²) in [4.78, 5) is 11.7. The Bertz CT molecular complexity index is 233. The van der Waals surface area contributed by atoms with Gasteiger partial charge in [0.05, 0.1) is 12.7 Å². The first-order chi connectivity index (χ1) is 8.22. The van der Waals surface area contributed by atoms with Gasteiger partial charge in [-0.25, -0.2) is 4.79 Å². The highest BCUT2D eigenvalue weighted by Gasteiger charge is 2.29. The molecule has 0 amide bonds. The van der Waals surface area contributed by atoms with Gasteiger partial charge in [0, 0.05) is 0 Å². The molecule has 0 aromatic heterocycles. The zero-order valence-electron chi connectivity index (χ0n) is 11.0. The Hall–Kier alpha value is -0.610. The molecule has 0 radical (unpaired) electrons. The van der Waals surface area contributed by atoms with Crippen molar-refractivity contribution in [1.29, 1.82) is 0 Å². The predicted molar refractivity (Wildman–Crippen MR) is 66.6 cm³/mol. The molecule has 1 rings (SSSR count). The van der Waals surface area contributed by atoms with Crippen LogP contribution in [0.5, 0.6) is 0 Å². The first-order valence-electron chi connectivity index (χ1n) is 6.75. The van der Waals surface area contributed by atoms with Crippen LogP contribution in [0.15, 0.2) is 0 Å². The minimum Gasteiger partial charge on any atom is -0.464 e. The third-order valence-electron chi connectivity index (χ3n) is 3.40. The lowest BCUT2D eigenvalue weighted by atomic mass is 9.86. The van der Waals surface area contributed by atoms with Gasteiger partial charge < -0.3 is 15.2 Å². The molecule has 1 aliphatic rings. The van der Waals surface area contributed by atoms with Gasteiger partial charge in [-0.3, -0.25) is 0 Å². The molecule has 0 aromatic rings. The van der Waals surface area contributed by atoms with E-state index in [0.29, 0.717) is 25.5 Å². The molecule has 3 unspecified atom stereocenters. The van der Waals surface area contributed by atoms with E-state index in [9.17, 15) is 4.79 Å². The number of esters is 1. The lowest BCUT2D eigenvalue weighted by Crippen LogP contribution is -2.38. The second kappa shape index (κ2) is 7.67. The maximum Gasteiger partial charge on any atom is 0.335 e. The van der Waals surface area contributed by atoms with Crippen LogP contribution in [0.4, 0.5) is 0 Å². The Morgan fingerprint density at radius 2 is 2.06 bits per heavy atom. The van der Waals surface area contributed by atoms with Crippen molar-refractivity contribution in [2.45, 2.75) is 58.2 Å². The summed E-state index contributed by atoms with van der Waals surface area (Å²) in [5.41, 5.74) is 5.75. The van der Waals surface area contributed by atoms with Gasteiger partial charge in [0.1, 0.15) is 0 Å². The van der Waals surface area contributed by atoms with Gasteiger partial charge in [-0.2, -0.15) is 0 Å². The van der Waals surface area contributed by atoms with E-state index in [1.165, 1.54) is 12.8 Å². The molecule has 4 nitrogen and oxygen atoms in total. The molecule has 3 atom stereocenters. The molecule has 0 heterocycles. The van der Waals surface area contributed by atoms with Crippen molar-refractivity contribution >= 4 is 5.97 Å². The van der Waals surface area contributed by atoms with E-state index in [0.717, 1.165) is 12.8 Å². The number of carbonyl (C=O) groups excluding carboxylic acids is 1. The second-order valence-corrected chi connectivity index (χ2v) is 4.60. The molecule has 4 heteroatoms. The zero-order chi connectivity index (χ0) is 12.7. The fourth-order valence-corrected chi connectivity index (χ4v) is 2.39. The van der Waals surface area contributed by atoms with Gasteiger partial charge in [-0.1, -0.05) is 19.8 Å². The topological polar surface area (TPSA) is 61.5 Å². The molecule has 0 bridgehead atoms. The SMILES string of the molecule is CCOC(=O)C(CC)OC1CCCCC1CN. The normalized spacial score (nSPS) is 26.5. The third kappa shape index (κ3) is 4.28. The number of carbonyl (C=O) groups is 1. The lowest BCUT2D eigenvalue weighted by Gasteiger charge is -2.32. The molecule has 100 valence electrons. The fourth-order valence-electron chi connectivity index (χ4n) is 2.39. The summed E-state index contributed by atoms with van der Waals surface area (Å²) >= 11 is 0. The van der Waals surface area contributed by atoms with Crippen LogP contribution in [-0.2, 0) is 14.3 Å². The van der Waals surface area contributed by atoms with Crippen LogP contribution in [0.3, 0.4) is 0 Å². The molecule has 1 fully saturated rings. The molecule has 0 spiro atoms. The van der Waals surface area contributed by atoms with Crippen molar-refractivity contribution in [1.82, 2.24) is 0 Å². The molecule has 0 saturated heterocycles. The van der Waals surface area contributed by atoms with E-state index < -0.39 is 6.10 Å². The van der Waals surface area contributed by atoms with Gasteiger partial charge in [0.2, 0.25) is 0 Å². The average Bonchev–Trinajstić information content (AvgIpc) is 2.36. The highest BCUT2D eigenvalue weighted by molar-refractivity contribution is 5.74. The van der Waals surface area contributed by atoms with Gasteiger partial charge in [-0.05, 0) is 38.6 Å². The largest absolute Gasteiger partial charge is 0.464 e. The molecule has 17 heavy (non-hydrogen) atoms. The predicted octanol–water partition coefficient (Wildman–Crippen LogP) is 1.86. The Morgan fingerprint density at radius 1 is 1.35 bits per heavy atom. The Kier molecular flexibility index (Phi) is 6.52. The first kappa shape index (κ1) is 14.5. The summed E-state index contributed by atoms with van der Waals surface area (Å²) in [5.74, 6) is 0.156. The quantitative estimate of drug-likeness (QED) is 0.723. The number of rotatable bonds is 6. The zero-order valence-corrected chi connectivity index (χ0v) is 11.0. The number of nitrogens with two attached hydrogens (primary N) is 1. The third-order valence-corrected chi connectivity index (χ3v) is 3.40. The van der Waals surface area contributed by atoms with E-state index in [4.69, 9.17) is 15.2 Å². The summed E-state index contributed by atoms with van der Waals surface area (Å²) in [7, 11) is 0. The average molecular weight is 243 g/mol. The smallest absolute Gasteiger partial charge is 0.335 e. The van der Waals surface area contributed by atoms with Crippen molar-refractivity contribution in [2.24, 2.45) is 11.7 Å². The molecule has 1 aliphatic carbocycles. The van der Waals surface area contributed by atoms with Crippen LogP contribution < -0.4 is 5.73 Å². The van der Waals surface area contributed by atoms with Gasteiger partial charge in [0.15, 0.2) is 6.10 Å². The van der Waals surface area contributed by atoms with E-state index in [2.05, 4.69) is 0 Å². The van der Waals surface area contributed by atoms with E-state index in [1.807, 2.05) is 13.8 Å². The van der Waals surface area contributed by atoms with Crippen molar-refractivity contribution in [3.63, 3.8) is 0 Å². The van der Waals surface area contributed by atoms with Gasteiger partial charge >= 0.3 is 5.97 Å². The second-order valence-electron chi connectivity index (χ2n) is 4.60. The summed E-state index contributed by atoms with van der Waals surface area (Å²) in [6.07, 6.45) is 4.87. The number of hydrogen-bond acceptors (Lipinski definition) is 4. The van der Waals surface area contributed by atoms with Crippen LogP contribution >= 0.6 is 0 Å². The Balaban J connectivity index is 2.50. The maximum absolute atomic E-state index is 11.7. The summed E-state index contributed by atoms with van der Waals surface area (Å²) in [5, 5.41) is 0. The van der Waals surface area contributed by atoms with Crippen LogP contribution in [0.1, 0.15) is 46.0 Å².